The predicted octanol–water partition coefficient (Wildman–Crippen LogP) is 2.25. The van der Waals surface area contributed by atoms with Crippen LogP contribution in [-0.2, 0) is 11.3 Å². The van der Waals surface area contributed by atoms with Crippen LogP contribution in [0.25, 0.3) is 0 Å². The molecule has 1 heterocycles. The van der Waals surface area contributed by atoms with Gasteiger partial charge in [0.05, 0.1) is 13.2 Å². The standard InChI is InChI=1S/C16H23BrN2O2/c1-18(10-13-6-2-3-8-15(13)17)16(21)11-19-9-5-4-7-14(19)12-20/h2-3,6,8,14,20H,4-5,7,9-12H2,1H3. The number of carbonyl (C=O) groups excluding carboxylic acids is 1. The SMILES string of the molecule is CN(Cc1ccccc1Br)C(=O)CN1CCCCC1CO. The van der Waals surface area contributed by atoms with Crippen LogP contribution >= 0.6 is 15.9 Å². The number of nitrogens with zero attached hydrogens (tertiary/aromatic N) is 2. The molecule has 1 aliphatic heterocycles. The van der Waals surface area contributed by atoms with E-state index in [1.165, 1.54) is 0 Å². The van der Waals surface area contributed by atoms with Crippen molar-refractivity contribution in [2.75, 3.05) is 26.7 Å². The summed E-state index contributed by atoms with van der Waals surface area (Å²) in [5, 5.41) is 9.41. The van der Waals surface area contributed by atoms with E-state index in [2.05, 4.69) is 20.8 Å². The number of halogens is 1. The third-order valence-corrected chi connectivity index (χ3v) is 4.86. The molecule has 0 saturated carbocycles. The third-order valence-electron chi connectivity index (χ3n) is 4.09. The summed E-state index contributed by atoms with van der Waals surface area (Å²) >= 11 is 3.51. The first-order valence-corrected chi connectivity index (χ1v) is 8.23. The Balaban J connectivity index is 1.91. The second-order valence-electron chi connectivity index (χ2n) is 5.64. The Hall–Kier alpha value is -0.910. The topological polar surface area (TPSA) is 43.8 Å². The van der Waals surface area contributed by atoms with Gasteiger partial charge in [0.1, 0.15) is 0 Å². The molecule has 1 aromatic rings. The average Bonchev–Trinajstić information content (AvgIpc) is 2.50. The van der Waals surface area contributed by atoms with Crippen molar-refractivity contribution in [1.29, 1.82) is 0 Å². The van der Waals surface area contributed by atoms with Gasteiger partial charge in [-0.3, -0.25) is 9.69 Å². The van der Waals surface area contributed by atoms with Crippen LogP contribution in [0.15, 0.2) is 28.7 Å². The van der Waals surface area contributed by atoms with E-state index < -0.39 is 0 Å². The number of aliphatic hydroxyl groups excluding tert-OH is 1. The summed E-state index contributed by atoms with van der Waals surface area (Å²) in [6.45, 7) is 2.03. The zero-order valence-electron chi connectivity index (χ0n) is 12.5. The molecule has 1 aliphatic rings. The van der Waals surface area contributed by atoms with Gasteiger partial charge >= 0.3 is 0 Å². The zero-order chi connectivity index (χ0) is 15.2. The van der Waals surface area contributed by atoms with E-state index >= 15 is 0 Å². The van der Waals surface area contributed by atoms with Crippen molar-refractivity contribution in [2.24, 2.45) is 0 Å². The molecule has 1 unspecified atom stereocenters. The van der Waals surface area contributed by atoms with Gasteiger partial charge in [-0.05, 0) is 31.0 Å². The minimum Gasteiger partial charge on any atom is -0.395 e. The van der Waals surface area contributed by atoms with E-state index in [9.17, 15) is 9.90 Å². The summed E-state index contributed by atoms with van der Waals surface area (Å²) in [7, 11) is 1.83. The molecule has 0 spiro atoms. The minimum atomic E-state index is 0.103. The van der Waals surface area contributed by atoms with E-state index in [1.807, 2.05) is 31.3 Å². The van der Waals surface area contributed by atoms with Crippen molar-refractivity contribution >= 4 is 21.8 Å². The van der Waals surface area contributed by atoms with Gasteiger partial charge in [0.25, 0.3) is 0 Å². The molecule has 0 bridgehead atoms. The van der Waals surface area contributed by atoms with Gasteiger partial charge in [0, 0.05) is 24.1 Å². The fourth-order valence-electron chi connectivity index (χ4n) is 2.74. The molecule has 0 aliphatic carbocycles. The second kappa shape index (κ2) is 7.92. The Labute approximate surface area is 134 Å². The molecule has 1 atom stereocenters. The number of piperidine rings is 1. The Morgan fingerprint density at radius 3 is 2.90 bits per heavy atom. The summed E-state index contributed by atoms with van der Waals surface area (Å²) in [6, 6.07) is 8.09. The molecule has 1 N–H and O–H groups in total. The van der Waals surface area contributed by atoms with Gasteiger partial charge in [0.2, 0.25) is 5.91 Å². The molecular weight excluding hydrogens is 332 g/mol. The van der Waals surface area contributed by atoms with Gasteiger partial charge in [-0.25, -0.2) is 0 Å². The number of benzene rings is 1. The summed E-state index contributed by atoms with van der Waals surface area (Å²) < 4.78 is 1.02. The van der Waals surface area contributed by atoms with Crippen LogP contribution in [0.5, 0.6) is 0 Å². The van der Waals surface area contributed by atoms with Crippen LogP contribution in [0.3, 0.4) is 0 Å². The van der Waals surface area contributed by atoms with Gasteiger partial charge in [0.15, 0.2) is 0 Å². The molecule has 1 fully saturated rings. The molecule has 116 valence electrons. The van der Waals surface area contributed by atoms with Crippen molar-refractivity contribution < 1.29 is 9.90 Å². The molecule has 1 amide bonds. The maximum absolute atomic E-state index is 12.4. The third kappa shape index (κ3) is 4.53. The Bertz CT molecular complexity index is 481. The van der Waals surface area contributed by atoms with Crippen LogP contribution in [0.1, 0.15) is 24.8 Å². The van der Waals surface area contributed by atoms with Crippen LogP contribution in [0.4, 0.5) is 0 Å². The number of rotatable bonds is 5. The van der Waals surface area contributed by atoms with Crippen molar-refractivity contribution in [1.82, 2.24) is 9.80 Å². The van der Waals surface area contributed by atoms with Gasteiger partial charge in [-0.2, -0.15) is 0 Å². The number of carbonyl (C=O) groups is 1. The fraction of sp³-hybridized carbons (Fsp3) is 0.562. The van der Waals surface area contributed by atoms with Crippen LogP contribution < -0.4 is 0 Å². The number of likely N-dealkylation sites (tertiary alicyclic amines) is 1. The molecule has 21 heavy (non-hydrogen) atoms. The monoisotopic (exact) mass is 354 g/mol. The van der Waals surface area contributed by atoms with Crippen molar-refractivity contribution in [3.63, 3.8) is 0 Å². The molecule has 1 saturated heterocycles. The lowest BCUT2D eigenvalue weighted by Crippen LogP contribution is -2.47. The van der Waals surface area contributed by atoms with E-state index in [-0.39, 0.29) is 18.6 Å². The highest BCUT2D eigenvalue weighted by Gasteiger charge is 2.24. The molecule has 1 aromatic carbocycles. The lowest BCUT2D eigenvalue weighted by atomic mass is 10.0. The quantitative estimate of drug-likeness (QED) is 0.881. The van der Waals surface area contributed by atoms with Gasteiger partial charge < -0.3 is 10.0 Å². The Kier molecular flexibility index (Phi) is 6.21. The highest BCUT2D eigenvalue weighted by atomic mass is 79.9. The predicted molar refractivity (Wildman–Crippen MR) is 86.9 cm³/mol. The van der Waals surface area contributed by atoms with E-state index in [0.29, 0.717) is 13.1 Å². The second-order valence-corrected chi connectivity index (χ2v) is 6.50. The largest absolute Gasteiger partial charge is 0.395 e. The molecule has 2 rings (SSSR count). The maximum atomic E-state index is 12.4. The molecule has 4 nitrogen and oxygen atoms in total. The highest BCUT2D eigenvalue weighted by Crippen LogP contribution is 2.19. The van der Waals surface area contributed by atoms with E-state index in [4.69, 9.17) is 0 Å². The van der Waals surface area contributed by atoms with E-state index in [1.54, 1.807) is 4.90 Å². The lowest BCUT2D eigenvalue weighted by molar-refractivity contribution is -0.132. The van der Waals surface area contributed by atoms with Crippen molar-refractivity contribution in [3.05, 3.63) is 34.3 Å². The molecular formula is C16H23BrN2O2. The minimum absolute atomic E-state index is 0.103. The van der Waals surface area contributed by atoms with Crippen molar-refractivity contribution in [3.8, 4) is 0 Å². The number of likely N-dealkylation sites (N-methyl/N-ethyl adjacent to an activating group) is 1. The summed E-state index contributed by atoms with van der Waals surface area (Å²) in [5.74, 6) is 0.103. The Morgan fingerprint density at radius 1 is 1.43 bits per heavy atom. The average molecular weight is 355 g/mol. The fourth-order valence-corrected chi connectivity index (χ4v) is 3.15. The molecule has 5 heteroatoms. The van der Waals surface area contributed by atoms with Crippen LogP contribution in [-0.4, -0.2) is 53.6 Å². The van der Waals surface area contributed by atoms with Gasteiger partial charge in [-0.15, -0.1) is 0 Å². The van der Waals surface area contributed by atoms with Crippen LogP contribution in [0, 0.1) is 0 Å². The molecule has 0 aromatic heterocycles. The number of aliphatic hydroxyl groups is 1. The smallest absolute Gasteiger partial charge is 0.236 e. The summed E-state index contributed by atoms with van der Waals surface area (Å²) in [6.07, 6.45) is 3.23. The Morgan fingerprint density at radius 2 is 2.19 bits per heavy atom. The first-order chi connectivity index (χ1) is 10.1. The number of amides is 1. The zero-order valence-corrected chi connectivity index (χ0v) is 14.1. The summed E-state index contributed by atoms with van der Waals surface area (Å²) in [5.41, 5.74) is 1.10. The van der Waals surface area contributed by atoms with Crippen molar-refractivity contribution in [2.45, 2.75) is 31.8 Å². The highest BCUT2D eigenvalue weighted by molar-refractivity contribution is 9.10. The first kappa shape index (κ1) is 16.5. The number of hydrogen-bond donors (Lipinski definition) is 1. The molecule has 0 radical (unpaired) electrons. The lowest BCUT2D eigenvalue weighted by Gasteiger charge is -2.35. The maximum Gasteiger partial charge on any atom is 0.236 e. The van der Waals surface area contributed by atoms with Crippen LogP contribution in [0.2, 0.25) is 0 Å². The van der Waals surface area contributed by atoms with E-state index in [0.717, 1.165) is 35.8 Å². The normalized spacial score (nSPS) is 19.5. The first-order valence-electron chi connectivity index (χ1n) is 7.44. The summed E-state index contributed by atoms with van der Waals surface area (Å²) in [4.78, 5) is 16.2. The van der Waals surface area contributed by atoms with Gasteiger partial charge in [-0.1, -0.05) is 40.5 Å². The number of hydrogen-bond acceptors (Lipinski definition) is 3.